The number of nitrogens with zero attached hydrogens (tertiary/aromatic N) is 1. The highest BCUT2D eigenvalue weighted by molar-refractivity contribution is 6.38. The molecule has 2 fully saturated rings. The topological polar surface area (TPSA) is 146 Å². The average molecular weight is 557 g/mol. The van der Waals surface area contributed by atoms with Crippen molar-refractivity contribution in [1.82, 2.24) is 26.2 Å². The van der Waals surface area contributed by atoms with Gasteiger partial charge in [0.1, 0.15) is 0 Å². The molecule has 1 saturated heterocycles. The van der Waals surface area contributed by atoms with Gasteiger partial charge in [0.15, 0.2) is 0 Å². The highest BCUT2D eigenvalue weighted by Crippen LogP contribution is 2.23. The molecule has 6 N–H and O–H groups in total. The number of hydrogen-bond donors (Lipinski definition) is 5. The Morgan fingerprint density at radius 1 is 0.950 bits per heavy atom. The quantitative estimate of drug-likeness (QED) is 0.152. The van der Waals surface area contributed by atoms with Crippen LogP contribution < -0.4 is 27.0 Å². The van der Waals surface area contributed by atoms with E-state index in [2.05, 4.69) is 21.3 Å². The average Bonchev–Trinajstić information content (AvgIpc) is 3.00. The van der Waals surface area contributed by atoms with Crippen molar-refractivity contribution in [2.24, 2.45) is 11.7 Å². The Balaban J connectivity index is 1.62. The molecule has 1 saturated carbocycles. The van der Waals surface area contributed by atoms with Crippen LogP contribution in [0.5, 0.6) is 0 Å². The fourth-order valence-corrected chi connectivity index (χ4v) is 5.42. The molecule has 1 heterocycles. The first-order valence-corrected chi connectivity index (χ1v) is 15.1. The van der Waals surface area contributed by atoms with Crippen LogP contribution >= 0.6 is 0 Å². The smallest absolute Gasteiger partial charge is 0.289 e. The van der Waals surface area contributed by atoms with Crippen LogP contribution in [-0.2, 0) is 25.7 Å². The molecule has 0 radical (unpaired) electrons. The second-order valence-corrected chi connectivity index (χ2v) is 11.0. The van der Waals surface area contributed by atoms with E-state index in [1.807, 2.05) is 35.2 Å². The van der Waals surface area contributed by atoms with E-state index in [9.17, 15) is 19.2 Å². The number of benzene rings is 1. The van der Waals surface area contributed by atoms with Crippen LogP contribution in [0.1, 0.15) is 69.8 Å². The summed E-state index contributed by atoms with van der Waals surface area (Å²) in [6, 6.07) is 7.79. The molecule has 10 nitrogen and oxygen atoms in total. The number of hydrogen-bond acceptors (Lipinski definition) is 7. The molecule has 3 amide bonds. The highest BCUT2D eigenvalue weighted by Gasteiger charge is 2.30. The molecular formula is C30H48N6O4. The van der Waals surface area contributed by atoms with Gasteiger partial charge in [-0.2, -0.15) is 0 Å². The number of carbonyl (C=O) groups excluding carboxylic acids is 4. The van der Waals surface area contributed by atoms with Crippen molar-refractivity contribution in [2.75, 3.05) is 39.3 Å². The molecule has 1 aromatic carbocycles. The lowest BCUT2D eigenvalue weighted by molar-refractivity contribution is -0.140. The lowest BCUT2D eigenvalue weighted by Crippen LogP contribution is -2.54. The van der Waals surface area contributed by atoms with Gasteiger partial charge in [-0.15, -0.1) is 0 Å². The third-order valence-corrected chi connectivity index (χ3v) is 7.91. The lowest BCUT2D eigenvalue weighted by Gasteiger charge is -2.29. The summed E-state index contributed by atoms with van der Waals surface area (Å²) in [5.74, 6) is -1.19. The monoisotopic (exact) mass is 556 g/mol. The van der Waals surface area contributed by atoms with Gasteiger partial charge < -0.3 is 31.9 Å². The molecule has 1 aliphatic heterocycles. The van der Waals surface area contributed by atoms with Crippen molar-refractivity contribution in [3.63, 3.8) is 0 Å². The molecule has 1 aromatic rings. The predicted molar refractivity (Wildman–Crippen MR) is 155 cm³/mol. The van der Waals surface area contributed by atoms with E-state index in [1.165, 1.54) is 19.3 Å². The molecule has 1 aliphatic carbocycles. The van der Waals surface area contributed by atoms with Crippen LogP contribution in [0.15, 0.2) is 30.3 Å². The zero-order valence-electron chi connectivity index (χ0n) is 23.8. The van der Waals surface area contributed by atoms with E-state index in [-0.39, 0.29) is 24.8 Å². The van der Waals surface area contributed by atoms with Gasteiger partial charge in [0.2, 0.25) is 17.6 Å². The molecule has 222 valence electrons. The van der Waals surface area contributed by atoms with E-state index in [0.29, 0.717) is 57.8 Å². The second kappa shape index (κ2) is 17.8. The summed E-state index contributed by atoms with van der Waals surface area (Å²) in [5, 5.41) is 12.2. The second-order valence-electron chi connectivity index (χ2n) is 11.0. The highest BCUT2D eigenvalue weighted by atomic mass is 16.2. The number of rotatable bonds is 16. The third kappa shape index (κ3) is 11.0. The summed E-state index contributed by atoms with van der Waals surface area (Å²) >= 11 is 0. The normalized spacial score (nSPS) is 17.6. The fourth-order valence-electron chi connectivity index (χ4n) is 5.42. The Labute approximate surface area is 238 Å². The first-order chi connectivity index (χ1) is 19.5. The number of nitrogens with one attached hydrogen (secondary N) is 4. The molecule has 0 bridgehead atoms. The third-order valence-electron chi connectivity index (χ3n) is 7.91. The number of unbranched alkanes of at least 4 members (excludes halogenated alkanes) is 1. The molecule has 0 aromatic heterocycles. The van der Waals surface area contributed by atoms with Crippen molar-refractivity contribution >= 4 is 23.5 Å². The molecule has 1 unspecified atom stereocenters. The largest absolute Gasteiger partial charge is 0.345 e. The van der Waals surface area contributed by atoms with Crippen LogP contribution in [-0.4, -0.2) is 79.8 Å². The van der Waals surface area contributed by atoms with Crippen LogP contribution in [0.3, 0.4) is 0 Å². The van der Waals surface area contributed by atoms with E-state index >= 15 is 0 Å². The van der Waals surface area contributed by atoms with Gasteiger partial charge in [0, 0.05) is 39.1 Å². The van der Waals surface area contributed by atoms with Crippen LogP contribution in [0.25, 0.3) is 0 Å². The molecule has 40 heavy (non-hydrogen) atoms. The number of nitrogens with two attached hydrogens (primary N) is 1. The van der Waals surface area contributed by atoms with E-state index in [0.717, 1.165) is 31.5 Å². The number of ketones is 1. The fraction of sp³-hybridized carbons (Fsp3) is 0.667. The van der Waals surface area contributed by atoms with Gasteiger partial charge in [-0.25, -0.2) is 0 Å². The van der Waals surface area contributed by atoms with Crippen molar-refractivity contribution in [1.29, 1.82) is 0 Å². The maximum absolute atomic E-state index is 13.5. The van der Waals surface area contributed by atoms with Gasteiger partial charge in [-0.3, -0.25) is 19.2 Å². The summed E-state index contributed by atoms with van der Waals surface area (Å²) in [5.41, 5.74) is 6.53. The number of piperazine rings is 1. The minimum absolute atomic E-state index is 0.0367. The summed E-state index contributed by atoms with van der Waals surface area (Å²) < 4.78 is 0. The predicted octanol–water partition coefficient (Wildman–Crippen LogP) is 1.24. The standard InChI is InChI=1S/C30H48N6O4/c31-16-8-7-13-25(28(38)30(40)34-22-24-11-5-2-6-12-24)35-29(39)26(33-21-23-9-3-1-4-10-23)14-15-27(37)36-19-17-32-18-20-36/h2,5-6,11-12,23,25-26,32-33H,1,3-4,7-10,13-22,31H2,(H,34,40)(H,35,39)/t25?,26-/m0/s1. The van der Waals surface area contributed by atoms with E-state index in [4.69, 9.17) is 5.73 Å². The van der Waals surface area contributed by atoms with Crippen molar-refractivity contribution < 1.29 is 19.2 Å². The van der Waals surface area contributed by atoms with E-state index < -0.39 is 23.8 Å². The van der Waals surface area contributed by atoms with Gasteiger partial charge in [0.25, 0.3) is 5.91 Å². The first-order valence-electron chi connectivity index (χ1n) is 15.1. The zero-order valence-corrected chi connectivity index (χ0v) is 23.8. The maximum Gasteiger partial charge on any atom is 0.289 e. The van der Waals surface area contributed by atoms with E-state index in [1.54, 1.807) is 0 Å². The Morgan fingerprint density at radius 2 is 1.68 bits per heavy atom. The Hall–Kier alpha value is -2.82. The van der Waals surface area contributed by atoms with Crippen LogP contribution in [0, 0.1) is 5.92 Å². The maximum atomic E-state index is 13.5. The molecule has 2 aliphatic rings. The number of carbonyl (C=O) groups is 4. The Kier molecular flexibility index (Phi) is 14.1. The summed E-state index contributed by atoms with van der Waals surface area (Å²) in [4.78, 5) is 54.1. The Bertz CT molecular complexity index is 931. The van der Waals surface area contributed by atoms with Gasteiger partial charge in [0.05, 0.1) is 12.1 Å². The van der Waals surface area contributed by atoms with Gasteiger partial charge in [-0.1, -0.05) is 49.6 Å². The van der Waals surface area contributed by atoms with Crippen molar-refractivity contribution in [3.8, 4) is 0 Å². The summed E-state index contributed by atoms with van der Waals surface area (Å²) in [7, 11) is 0. The molecular weight excluding hydrogens is 508 g/mol. The Morgan fingerprint density at radius 3 is 2.38 bits per heavy atom. The molecule has 0 spiro atoms. The van der Waals surface area contributed by atoms with Crippen molar-refractivity contribution in [2.45, 2.75) is 82.8 Å². The summed E-state index contributed by atoms with van der Waals surface area (Å²) in [6.07, 6.45) is 8.11. The first kappa shape index (κ1) is 31.7. The van der Waals surface area contributed by atoms with Crippen molar-refractivity contribution in [3.05, 3.63) is 35.9 Å². The van der Waals surface area contributed by atoms with Crippen LogP contribution in [0.4, 0.5) is 0 Å². The molecule has 2 atom stereocenters. The number of amides is 3. The number of Topliss-reactive ketones (excluding diaryl/α,β-unsaturated/α-hetero) is 1. The summed E-state index contributed by atoms with van der Waals surface area (Å²) in [6.45, 7) is 4.28. The molecule has 3 rings (SSSR count). The van der Waals surface area contributed by atoms with Gasteiger partial charge >= 0.3 is 0 Å². The zero-order chi connectivity index (χ0) is 28.6. The SMILES string of the molecule is NCCCCC(NC(=O)[C@H](CCC(=O)N1CCNCC1)NCC1CCCCC1)C(=O)C(=O)NCc1ccccc1. The van der Waals surface area contributed by atoms with Gasteiger partial charge in [-0.05, 0) is 63.1 Å². The molecule has 10 heteroatoms. The minimum Gasteiger partial charge on any atom is -0.345 e. The van der Waals surface area contributed by atoms with Crippen LogP contribution in [0.2, 0.25) is 0 Å². The lowest BCUT2D eigenvalue weighted by atomic mass is 9.89. The minimum atomic E-state index is -0.947.